The van der Waals surface area contributed by atoms with Crippen LogP contribution in [-0.2, 0) is 0 Å². The van der Waals surface area contributed by atoms with E-state index in [0.717, 1.165) is 22.3 Å². The lowest BCUT2D eigenvalue weighted by atomic mass is 10.0. The van der Waals surface area contributed by atoms with E-state index >= 15 is 0 Å². The molecule has 0 aliphatic carbocycles. The number of allylic oxidation sites excluding steroid dienone is 1. The summed E-state index contributed by atoms with van der Waals surface area (Å²) >= 11 is 0. The zero-order chi connectivity index (χ0) is 17.1. The van der Waals surface area contributed by atoms with Crippen molar-refractivity contribution < 1.29 is 0 Å². The Morgan fingerprint density at radius 2 is 1.56 bits per heavy atom. The molecule has 0 fully saturated rings. The summed E-state index contributed by atoms with van der Waals surface area (Å²) in [6, 6.07) is 30.8. The summed E-state index contributed by atoms with van der Waals surface area (Å²) in [6.45, 7) is 0. The van der Waals surface area contributed by atoms with Gasteiger partial charge in [0.15, 0.2) is 0 Å². The molecule has 4 rings (SSSR count). The van der Waals surface area contributed by atoms with Crippen LogP contribution >= 0.6 is 0 Å². The molecule has 3 aromatic carbocycles. The van der Waals surface area contributed by atoms with Gasteiger partial charge in [-0.1, -0.05) is 54.6 Å². The molecule has 0 saturated carbocycles. The third kappa shape index (κ3) is 2.96. The predicted octanol–water partition coefficient (Wildman–Crippen LogP) is 5.69. The Labute approximate surface area is 146 Å². The van der Waals surface area contributed by atoms with Crippen LogP contribution in [0.4, 0.5) is 0 Å². The zero-order valence-corrected chi connectivity index (χ0v) is 13.6. The number of hydrogen-bond donors (Lipinski definition) is 0. The molecular weight excluding hydrogens is 304 g/mol. The van der Waals surface area contributed by atoms with Crippen LogP contribution in [0.2, 0.25) is 0 Å². The summed E-state index contributed by atoms with van der Waals surface area (Å²) in [5.74, 6) is 0. The van der Waals surface area contributed by atoms with Crippen molar-refractivity contribution in [3.05, 3.63) is 102 Å². The molecule has 0 amide bonds. The minimum absolute atomic E-state index is 0.654. The van der Waals surface area contributed by atoms with Crippen molar-refractivity contribution in [1.29, 1.82) is 5.26 Å². The third-order valence-corrected chi connectivity index (χ3v) is 4.29. The molecule has 4 aromatic rings. The Morgan fingerprint density at radius 3 is 2.36 bits per heavy atom. The Hall–Kier alpha value is -3.57. The first-order valence-electron chi connectivity index (χ1n) is 8.19. The molecule has 0 N–H and O–H groups in total. The van der Waals surface area contributed by atoms with Gasteiger partial charge in [-0.05, 0) is 52.7 Å². The van der Waals surface area contributed by atoms with Gasteiger partial charge in [-0.2, -0.15) is 5.26 Å². The quantitative estimate of drug-likeness (QED) is 0.445. The summed E-state index contributed by atoms with van der Waals surface area (Å²) in [5, 5.41) is 12.0. The van der Waals surface area contributed by atoms with Gasteiger partial charge >= 0.3 is 0 Å². The van der Waals surface area contributed by atoms with Crippen LogP contribution in [0.3, 0.4) is 0 Å². The second-order valence-corrected chi connectivity index (χ2v) is 5.87. The van der Waals surface area contributed by atoms with E-state index < -0.39 is 0 Å². The molecule has 0 unspecified atom stereocenters. The van der Waals surface area contributed by atoms with Crippen LogP contribution in [0.25, 0.3) is 28.1 Å². The van der Waals surface area contributed by atoms with Crippen molar-refractivity contribution in [3.8, 4) is 11.8 Å². The second kappa shape index (κ2) is 6.51. The van der Waals surface area contributed by atoms with Crippen LogP contribution in [0, 0.1) is 11.3 Å². The molecular formula is C23H16N2. The number of hydrogen-bond acceptors (Lipinski definition) is 1. The third-order valence-electron chi connectivity index (χ3n) is 4.29. The minimum atomic E-state index is 0.654. The molecule has 0 aliphatic rings. The highest BCUT2D eigenvalue weighted by Crippen LogP contribution is 2.24. The van der Waals surface area contributed by atoms with Gasteiger partial charge < -0.3 is 4.57 Å². The largest absolute Gasteiger partial charge is 0.317 e. The average molecular weight is 320 g/mol. The van der Waals surface area contributed by atoms with Crippen molar-refractivity contribution in [2.75, 3.05) is 0 Å². The number of nitrogens with zero attached hydrogens (tertiary/aromatic N) is 2. The van der Waals surface area contributed by atoms with E-state index in [1.54, 1.807) is 0 Å². The van der Waals surface area contributed by atoms with Gasteiger partial charge in [-0.15, -0.1) is 0 Å². The molecule has 0 saturated heterocycles. The van der Waals surface area contributed by atoms with E-state index in [0.29, 0.717) is 5.57 Å². The van der Waals surface area contributed by atoms with Crippen molar-refractivity contribution >= 4 is 22.4 Å². The molecule has 0 spiro atoms. The van der Waals surface area contributed by atoms with E-state index in [9.17, 15) is 5.26 Å². The van der Waals surface area contributed by atoms with Crippen molar-refractivity contribution in [3.63, 3.8) is 0 Å². The molecule has 0 bridgehead atoms. The van der Waals surface area contributed by atoms with Gasteiger partial charge in [-0.25, -0.2) is 0 Å². The van der Waals surface area contributed by atoms with Crippen LogP contribution in [0.15, 0.2) is 91.1 Å². The van der Waals surface area contributed by atoms with Crippen LogP contribution in [0.1, 0.15) is 11.3 Å². The Morgan fingerprint density at radius 1 is 0.800 bits per heavy atom. The first-order valence-corrected chi connectivity index (χ1v) is 8.19. The first kappa shape index (κ1) is 15.0. The van der Waals surface area contributed by atoms with E-state index in [1.165, 1.54) is 5.39 Å². The van der Waals surface area contributed by atoms with E-state index in [1.807, 2.05) is 60.8 Å². The van der Waals surface area contributed by atoms with Gasteiger partial charge in [0.05, 0.1) is 11.6 Å². The summed E-state index contributed by atoms with van der Waals surface area (Å²) in [6.07, 6.45) is 3.95. The lowest BCUT2D eigenvalue weighted by molar-refractivity contribution is 1.06. The Bertz CT molecular complexity index is 1100. The average Bonchev–Trinajstić information content (AvgIpc) is 3.14. The smallest absolute Gasteiger partial charge is 0.0998 e. The SMILES string of the molecule is N#CC(=Cc1cccn1-c1ccccc1)c1ccc2ccccc2c1. The molecule has 2 nitrogen and oxygen atoms in total. The van der Waals surface area contributed by atoms with Crippen LogP contribution < -0.4 is 0 Å². The maximum absolute atomic E-state index is 9.68. The molecule has 1 heterocycles. The number of aromatic nitrogens is 1. The molecule has 1 aromatic heterocycles. The first-order chi connectivity index (χ1) is 12.3. The Kier molecular flexibility index (Phi) is 3.90. The fourth-order valence-corrected chi connectivity index (χ4v) is 3.02. The number of nitriles is 1. The maximum Gasteiger partial charge on any atom is 0.0998 e. The molecule has 0 aliphatic heterocycles. The number of fused-ring (bicyclic) bond motifs is 1. The molecule has 118 valence electrons. The van der Waals surface area contributed by atoms with Crippen molar-refractivity contribution in [2.45, 2.75) is 0 Å². The molecule has 25 heavy (non-hydrogen) atoms. The van der Waals surface area contributed by atoms with Gasteiger partial charge in [-0.3, -0.25) is 0 Å². The summed E-state index contributed by atoms with van der Waals surface area (Å²) in [7, 11) is 0. The lowest BCUT2D eigenvalue weighted by Crippen LogP contribution is -1.94. The number of rotatable bonds is 3. The highest BCUT2D eigenvalue weighted by Gasteiger charge is 2.06. The van der Waals surface area contributed by atoms with Crippen LogP contribution in [-0.4, -0.2) is 4.57 Å². The normalized spacial score (nSPS) is 11.4. The van der Waals surface area contributed by atoms with Crippen molar-refractivity contribution in [1.82, 2.24) is 4.57 Å². The summed E-state index contributed by atoms with van der Waals surface area (Å²) < 4.78 is 2.08. The Balaban J connectivity index is 1.79. The maximum atomic E-state index is 9.68. The summed E-state index contributed by atoms with van der Waals surface area (Å²) in [5.41, 5.74) is 3.65. The fraction of sp³-hybridized carbons (Fsp3) is 0. The van der Waals surface area contributed by atoms with E-state index in [-0.39, 0.29) is 0 Å². The highest BCUT2D eigenvalue weighted by molar-refractivity contribution is 5.94. The van der Waals surface area contributed by atoms with E-state index in [2.05, 4.69) is 47.0 Å². The molecule has 2 heteroatoms. The summed E-state index contributed by atoms with van der Waals surface area (Å²) in [4.78, 5) is 0. The topological polar surface area (TPSA) is 28.7 Å². The number of benzene rings is 3. The zero-order valence-electron chi connectivity index (χ0n) is 13.6. The lowest BCUT2D eigenvalue weighted by Gasteiger charge is -2.07. The molecule has 0 radical (unpaired) electrons. The van der Waals surface area contributed by atoms with Gasteiger partial charge in [0.1, 0.15) is 0 Å². The van der Waals surface area contributed by atoms with E-state index in [4.69, 9.17) is 0 Å². The van der Waals surface area contributed by atoms with Crippen LogP contribution in [0.5, 0.6) is 0 Å². The predicted molar refractivity (Wildman–Crippen MR) is 103 cm³/mol. The second-order valence-electron chi connectivity index (χ2n) is 5.87. The van der Waals surface area contributed by atoms with Gasteiger partial charge in [0.25, 0.3) is 0 Å². The fourth-order valence-electron chi connectivity index (χ4n) is 3.02. The standard InChI is InChI=1S/C23H16N2/c24-17-21(20-13-12-18-7-4-5-8-19(18)15-20)16-23-11-6-14-25(23)22-9-2-1-3-10-22/h1-16H. The van der Waals surface area contributed by atoms with Crippen molar-refractivity contribution in [2.24, 2.45) is 0 Å². The highest BCUT2D eigenvalue weighted by atomic mass is 15.0. The number of para-hydroxylation sites is 1. The van der Waals surface area contributed by atoms with Gasteiger partial charge in [0.2, 0.25) is 0 Å². The van der Waals surface area contributed by atoms with Gasteiger partial charge in [0, 0.05) is 17.6 Å². The minimum Gasteiger partial charge on any atom is -0.317 e. The monoisotopic (exact) mass is 320 g/mol. The molecule has 0 atom stereocenters.